The Kier molecular flexibility index (Phi) is 5.39. The van der Waals surface area contributed by atoms with Crippen molar-refractivity contribution in [2.24, 2.45) is 11.7 Å². The van der Waals surface area contributed by atoms with E-state index in [2.05, 4.69) is 42.9 Å². The van der Waals surface area contributed by atoms with E-state index in [1.807, 2.05) is 18.3 Å². The lowest BCUT2D eigenvalue weighted by molar-refractivity contribution is 0.317. The number of hydrogen-bond acceptors (Lipinski definition) is 3. The van der Waals surface area contributed by atoms with E-state index < -0.39 is 0 Å². The Morgan fingerprint density at radius 3 is 2.52 bits per heavy atom. The van der Waals surface area contributed by atoms with Gasteiger partial charge in [0.1, 0.15) is 11.6 Å². The van der Waals surface area contributed by atoms with Crippen LogP contribution in [0.2, 0.25) is 0 Å². The van der Waals surface area contributed by atoms with Crippen LogP contribution in [0.25, 0.3) is 11.3 Å². The van der Waals surface area contributed by atoms with Crippen LogP contribution >= 0.6 is 0 Å². The van der Waals surface area contributed by atoms with Crippen molar-refractivity contribution in [1.82, 2.24) is 9.97 Å². The fourth-order valence-corrected chi connectivity index (χ4v) is 2.32. The van der Waals surface area contributed by atoms with Gasteiger partial charge in [0.15, 0.2) is 0 Å². The SMILES string of the molecule is CCCOc1ccc(-c2cnc(C(CN)C(C)C)[nH]2)cc1. The molecule has 0 spiro atoms. The molecule has 0 aliphatic rings. The highest BCUT2D eigenvalue weighted by molar-refractivity contribution is 5.59. The summed E-state index contributed by atoms with van der Waals surface area (Å²) in [4.78, 5) is 7.88. The van der Waals surface area contributed by atoms with Crippen LogP contribution in [0.3, 0.4) is 0 Å². The molecule has 1 unspecified atom stereocenters. The number of aromatic nitrogens is 2. The maximum Gasteiger partial charge on any atom is 0.119 e. The van der Waals surface area contributed by atoms with Crippen LogP contribution in [0, 0.1) is 5.92 Å². The van der Waals surface area contributed by atoms with Crippen molar-refractivity contribution < 1.29 is 4.74 Å². The van der Waals surface area contributed by atoms with Crippen LogP contribution in [-0.4, -0.2) is 23.1 Å². The highest BCUT2D eigenvalue weighted by Crippen LogP contribution is 2.25. The van der Waals surface area contributed by atoms with E-state index in [4.69, 9.17) is 10.5 Å². The predicted octanol–water partition coefficient (Wildman–Crippen LogP) is 3.56. The summed E-state index contributed by atoms with van der Waals surface area (Å²) in [5, 5.41) is 0. The fourth-order valence-electron chi connectivity index (χ4n) is 2.32. The zero-order valence-corrected chi connectivity index (χ0v) is 13.1. The molecule has 0 fully saturated rings. The van der Waals surface area contributed by atoms with Crippen LogP contribution < -0.4 is 10.5 Å². The molecule has 0 aliphatic carbocycles. The second-order valence-electron chi connectivity index (χ2n) is 5.64. The number of H-pyrrole nitrogens is 1. The van der Waals surface area contributed by atoms with Crippen molar-refractivity contribution in [2.75, 3.05) is 13.2 Å². The molecule has 1 atom stereocenters. The minimum absolute atomic E-state index is 0.269. The summed E-state index contributed by atoms with van der Waals surface area (Å²) < 4.78 is 5.60. The number of rotatable bonds is 7. The van der Waals surface area contributed by atoms with E-state index in [-0.39, 0.29) is 5.92 Å². The molecule has 0 saturated heterocycles. The van der Waals surface area contributed by atoms with Crippen molar-refractivity contribution in [3.05, 3.63) is 36.3 Å². The number of nitrogens with two attached hydrogens (primary N) is 1. The van der Waals surface area contributed by atoms with Gasteiger partial charge in [-0.1, -0.05) is 20.8 Å². The maximum atomic E-state index is 5.84. The van der Waals surface area contributed by atoms with E-state index in [9.17, 15) is 0 Å². The first-order valence-corrected chi connectivity index (χ1v) is 7.63. The van der Waals surface area contributed by atoms with Crippen LogP contribution in [0.15, 0.2) is 30.5 Å². The molecule has 2 aromatic rings. The Hall–Kier alpha value is -1.81. The first-order valence-electron chi connectivity index (χ1n) is 7.63. The third-order valence-electron chi connectivity index (χ3n) is 3.64. The highest BCUT2D eigenvalue weighted by atomic mass is 16.5. The van der Waals surface area contributed by atoms with Crippen LogP contribution in [0.1, 0.15) is 38.9 Å². The normalized spacial score (nSPS) is 12.6. The van der Waals surface area contributed by atoms with Gasteiger partial charge in [-0.15, -0.1) is 0 Å². The summed E-state index contributed by atoms with van der Waals surface area (Å²) >= 11 is 0. The Morgan fingerprint density at radius 1 is 1.24 bits per heavy atom. The molecular weight excluding hydrogens is 262 g/mol. The van der Waals surface area contributed by atoms with Crippen molar-refractivity contribution in [2.45, 2.75) is 33.1 Å². The van der Waals surface area contributed by atoms with Gasteiger partial charge < -0.3 is 15.5 Å². The summed E-state index contributed by atoms with van der Waals surface area (Å²) in [6.07, 6.45) is 2.89. The molecule has 114 valence electrons. The molecule has 2 rings (SSSR count). The Morgan fingerprint density at radius 2 is 1.95 bits per heavy atom. The topological polar surface area (TPSA) is 63.9 Å². The molecule has 4 nitrogen and oxygen atoms in total. The monoisotopic (exact) mass is 287 g/mol. The number of ether oxygens (including phenoxy) is 1. The van der Waals surface area contributed by atoms with E-state index in [1.165, 1.54) is 0 Å². The van der Waals surface area contributed by atoms with E-state index in [0.717, 1.165) is 35.9 Å². The first-order chi connectivity index (χ1) is 10.2. The summed E-state index contributed by atoms with van der Waals surface area (Å²) in [6.45, 7) is 7.79. The molecule has 3 N–H and O–H groups in total. The van der Waals surface area contributed by atoms with Gasteiger partial charge in [0, 0.05) is 12.5 Å². The standard InChI is InChI=1S/C17H25N3O/c1-4-9-21-14-7-5-13(6-8-14)16-11-19-17(20-16)15(10-18)12(2)3/h5-8,11-12,15H,4,9-10,18H2,1-3H3,(H,19,20). The first kappa shape index (κ1) is 15.6. The summed E-state index contributed by atoms with van der Waals surface area (Å²) in [7, 11) is 0. The lowest BCUT2D eigenvalue weighted by Crippen LogP contribution is -2.19. The van der Waals surface area contributed by atoms with Gasteiger partial charge >= 0.3 is 0 Å². The second-order valence-corrected chi connectivity index (χ2v) is 5.64. The van der Waals surface area contributed by atoms with Gasteiger partial charge in [-0.2, -0.15) is 0 Å². The van der Waals surface area contributed by atoms with Gasteiger partial charge in [0.05, 0.1) is 18.5 Å². The molecule has 0 bridgehead atoms. The Labute approximate surface area is 126 Å². The molecule has 0 amide bonds. The quantitative estimate of drug-likeness (QED) is 0.818. The number of hydrogen-bond donors (Lipinski definition) is 2. The third-order valence-corrected chi connectivity index (χ3v) is 3.64. The van der Waals surface area contributed by atoms with Gasteiger partial charge in [0.2, 0.25) is 0 Å². The summed E-state index contributed by atoms with van der Waals surface area (Å²) in [5.41, 5.74) is 7.97. The van der Waals surface area contributed by atoms with E-state index >= 15 is 0 Å². The highest BCUT2D eigenvalue weighted by Gasteiger charge is 2.17. The number of imidazole rings is 1. The Bertz CT molecular complexity index is 545. The molecule has 0 saturated carbocycles. The molecule has 0 radical (unpaired) electrons. The zero-order valence-electron chi connectivity index (χ0n) is 13.1. The van der Waals surface area contributed by atoms with Crippen molar-refractivity contribution in [3.8, 4) is 17.0 Å². The largest absolute Gasteiger partial charge is 0.494 e. The second kappa shape index (κ2) is 7.27. The summed E-state index contributed by atoms with van der Waals surface area (Å²) in [6, 6.07) is 8.09. The van der Waals surface area contributed by atoms with E-state index in [0.29, 0.717) is 12.5 Å². The van der Waals surface area contributed by atoms with Crippen molar-refractivity contribution in [3.63, 3.8) is 0 Å². The minimum Gasteiger partial charge on any atom is -0.494 e. The maximum absolute atomic E-state index is 5.84. The van der Waals surface area contributed by atoms with Crippen LogP contribution in [0.5, 0.6) is 5.75 Å². The lowest BCUT2D eigenvalue weighted by atomic mass is 9.95. The Balaban J connectivity index is 2.13. The van der Waals surface area contributed by atoms with Crippen molar-refractivity contribution >= 4 is 0 Å². The lowest BCUT2D eigenvalue weighted by Gasteiger charge is -2.15. The number of nitrogens with zero attached hydrogens (tertiary/aromatic N) is 1. The number of aromatic amines is 1. The number of nitrogens with one attached hydrogen (secondary N) is 1. The van der Waals surface area contributed by atoms with Crippen LogP contribution in [-0.2, 0) is 0 Å². The molecule has 0 aliphatic heterocycles. The molecule has 21 heavy (non-hydrogen) atoms. The van der Waals surface area contributed by atoms with Gasteiger partial charge in [-0.25, -0.2) is 4.98 Å². The third kappa shape index (κ3) is 3.85. The smallest absolute Gasteiger partial charge is 0.119 e. The molecular formula is C17H25N3O. The molecule has 1 aromatic carbocycles. The molecule has 1 heterocycles. The molecule has 1 aromatic heterocycles. The van der Waals surface area contributed by atoms with E-state index in [1.54, 1.807) is 0 Å². The average Bonchev–Trinajstić information content (AvgIpc) is 2.95. The summed E-state index contributed by atoms with van der Waals surface area (Å²) in [5.74, 6) is 2.61. The van der Waals surface area contributed by atoms with Gasteiger partial charge in [-0.3, -0.25) is 0 Å². The number of benzene rings is 1. The van der Waals surface area contributed by atoms with Crippen molar-refractivity contribution in [1.29, 1.82) is 0 Å². The predicted molar refractivity (Wildman–Crippen MR) is 86.4 cm³/mol. The average molecular weight is 287 g/mol. The molecule has 4 heteroatoms. The zero-order chi connectivity index (χ0) is 15.2. The van der Waals surface area contributed by atoms with Gasteiger partial charge in [0.25, 0.3) is 0 Å². The van der Waals surface area contributed by atoms with Crippen LogP contribution in [0.4, 0.5) is 0 Å². The fraction of sp³-hybridized carbons (Fsp3) is 0.471. The minimum atomic E-state index is 0.269. The van der Waals surface area contributed by atoms with Gasteiger partial charge in [-0.05, 0) is 42.2 Å².